The van der Waals surface area contributed by atoms with E-state index in [1.807, 2.05) is 48.5 Å². The van der Waals surface area contributed by atoms with E-state index in [1.54, 1.807) is 0 Å². The number of aromatic nitrogens is 2. The molecular weight excluding hydrogens is 413 g/mol. The van der Waals surface area contributed by atoms with Crippen LogP contribution in [0.15, 0.2) is 54.7 Å². The molecule has 2 N–H and O–H groups in total. The summed E-state index contributed by atoms with van der Waals surface area (Å²) in [4.78, 5) is 8.12. The first-order chi connectivity index (χ1) is 15.4. The zero-order valence-corrected chi connectivity index (χ0v) is 18.0. The normalized spacial score (nSPS) is 14.9. The molecule has 1 saturated carbocycles. The van der Waals surface area contributed by atoms with Gasteiger partial charge in [-0.2, -0.15) is 18.2 Å². The molecule has 4 rings (SSSR count). The van der Waals surface area contributed by atoms with Crippen LogP contribution in [0.4, 0.5) is 36.3 Å². The van der Waals surface area contributed by atoms with Crippen LogP contribution in [0, 0.1) is 0 Å². The van der Waals surface area contributed by atoms with E-state index in [0.29, 0.717) is 11.6 Å². The largest absolute Gasteiger partial charge is 0.421 e. The number of hydrogen-bond donors (Lipinski definition) is 2. The predicted molar refractivity (Wildman–Crippen MR) is 122 cm³/mol. The van der Waals surface area contributed by atoms with Gasteiger partial charge in [0.1, 0.15) is 11.4 Å². The van der Waals surface area contributed by atoms with Gasteiger partial charge in [-0.25, -0.2) is 4.98 Å². The van der Waals surface area contributed by atoms with Crippen LogP contribution in [0.5, 0.6) is 0 Å². The third-order valence-electron chi connectivity index (χ3n) is 5.97. The van der Waals surface area contributed by atoms with E-state index in [2.05, 4.69) is 27.5 Å². The van der Waals surface area contributed by atoms with E-state index in [1.165, 1.54) is 12.0 Å². The number of hydrogen-bond acceptors (Lipinski definition) is 4. The van der Waals surface area contributed by atoms with Gasteiger partial charge in [0, 0.05) is 17.6 Å². The van der Waals surface area contributed by atoms with Crippen molar-refractivity contribution in [2.75, 3.05) is 10.6 Å². The van der Waals surface area contributed by atoms with Gasteiger partial charge in [0.05, 0.1) is 0 Å². The van der Waals surface area contributed by atoms with Gasteiger partial charge in [-0.1, -0.05) is 56.5 Å². The molecule has 4 nitrogen and oxygen atoms in total. The number of anilines is 4. The quantitative estimate of drug-likeness (QED) is 0.414. The van der Waals surface area contributed by atoms with Crippen LogP contribution < -0.4 is 10.6 Å². The fourth-order valence-corrected chi connectivity index (χ4v) is 4.21. The lowest BCUT2D eigenvalue weighted by atomic mass is 9.83. The van der Waals surface area contributed by atoms with E-state index < -0.39 is 11.7 Å². The fourth-order valence-electron chi connectivity index (χ4n) is 4.21. The lowest BCUT2D eigenvalue weighted by molar-refractivity contribution is -0.137. The van der Waals surface area contributed by atoms with Crippen molar-refractivity contribution in [3.8, 4) is 0 Å². The molecule has 3 aromatic rings. The number of para-hydroxylation sites is 1. The highest BCUT2D eigenvalue weighted by atomic mass is 19.4. The molecule has 0 radical (unpaired) electrons. The molecular formula is C25H27F3N4. The second-order valence-electron chi connectivity index (χ2n) is 8.18. The molecule has 1 heterocycles. The highest BCUT2D eigenvalue weighted by molar-refractivity contribution is 5.66. The Morgan fingerprint density at radius 1 is 0.938 bits per heavy atom. The number of benzene rings is 2. The SMILES string of the molecule is CCc1ccc(Nc2ncc(C(F)(F)F)c(Nc3ccccc3C3CCCCC3)n2)cc1. The molecule has 1 aliphatic rings. The lowest BCUT2D eigenvalue weighted by Gasteiger charge is -2.25. The van der Waals surface area contributed by atoms with Crippen molar-refractivity contribution in [2.24, 2.45) is 0 Å². The Kier molecular flexibility index (Phi) is 6.63. The molecule has 1 aromatic heterocycles. The van der Waals surface area contributed by atoms with Crippen LogP contribution in [0.2, 0.25) is 0 Å². The minimum absolute atomic E-state index is 0.111. The fraction of sp³-hybridized carbons (Fsp3) is 0.360. The van der Waals surface area contributed by atoms with E-state index in [0.717, 1.165) is 49.6 Å². The molecule has 0 aliphatic heterocycles. The van der Waals surface area contributed by atoms with Gasteiger partial charge >= 0.3 is 6.18 Å². The van der Waals surface area contributed by atoms with Crippen molar-refractivity contribution in [1.82, 2.24) is 9.97 Å². The summed E-state index contributed by atoms with van der Waals surface area (Å²) in [6.07, 6.45) is 2.78. The maximum atomic E-state index is 13.7. The second kappa shape index (κ2) is 9.59. The van der Waals surface area contributed by atoms with Crippen molar-refractivity contribution in [1.29, 1.82) is 0 Å². The molecule has 0 amide bonds. The van der Waals surface area contributed by atoms with Crippen LogP contribution in [0.25, 0.3) is 0 Å². The molecule has 168 valence electrons. The molecule has 1 aliphatic carbocycles. The third kappa shape index (κ3) is 5.21. The number of rotatable bonds is 6. The van der Waals surface area contributed by atoms with Crippen LogP contribution in [0.3, 0.4) is 0 Å². The van der Waals surface area contributed by atoms with Crippen molar-refractivity contribution in [3.63, 3.8) is 0 Å². The van der Waals surface area contributed by atoms with Crippen molar-refractivity contribution in [3.05, 3.63) is 71.4 Å². The van der Waals surface area contributed by atoms with Gasteiger partial charge in [-0.3, -0.25) is 0 Å². The standard InChI is InChI=1S/C25H27F3N4/c1-2-17-12-14-19(15-13-17)30-24-29-16-21(25(26,27)28)23(32-24)31-22-11-7-6-10-20(22)18-8-4-3-5-9-18/h6-7,10-16,18H,2-5,8-9H2,1H3,(H2,29,30,31,32). The van der Waals surface area contributed by atoms with E-state index >= 15 is 0 Å². The summed E-state index contributed by atoms with van der Waals surface area (Å²) >= 11 is 0. The van der Waals surface area contributed by atoms with Crippen LogP contribution in [0.1, 0.15) is 61.6 Å². The Morgan fingerprint density at radius 3 is 2.34 bits per heavy atom. The van der Waals surface area contributed by atoms with Gasteiger partial charge in [-0.05, 0) is 54.5 Å². The minimum Gasteiger partial charge on any atom is -0.339 e. The van der Waals surface area contributed by atoms with Gasteiger partial charge in [0.2, 0.25) is 5.95 Å². The Bertz CT molecular complexity index is 1040. The van der Waals surface area contributed by atoms with E-state index in [4.69, 9.17) is 0 Å². The molecule has 0 bridgehead atoms. The number of nitrogens with zero attached hydrogens (tertiary/aromatic N) is 2. The number of alkyl halides is 3. The van der Waals surface area contributed by atoms with E-state index in [-0.39, 0.29) is 11.8 Å². The molecule has 0 unspecified atom stereocenters. The molecule has 0 spiro atoms. The summed E-state index contributed by atoms with van der Waals surface area (Å²) in [5.74, 6) is 0.210. The van der Waals surface area contributed by atoms with E-state index in [9.17, 15) is 13.2 Å². The predicted octanol–water partition coefficient (Wildman–Crippen LogP) is 7.59. The second-order valence-corrected chi connectivity index (χ2v) is 8.18. The monoisotopic (exact) mass is 440 g/mol. The smallest absolute Gasteiger partial charge is 0.339 e. The molecule has 0 saturated heterocycles. The van der Waals surface area contributed by atoms with Gasteiger partial charge in [0.15, 0.2) is 0 Å². The highest BCUT2D eigenvalue weighted by Gasteiger charge is 2.35. The average molecular weight is 441 g/mol. The van der Waals surface area contributed by atoms with Gasteiger partial charge < -0.3 is 10.6 Å². The summed E-state index contributed by atoms with van der Waals surface area (Å²) in [5, 5.41) is 5.99. The van der Waals surface area contributed by atoms with Crippen molar-refractivity contribution < 1.29 is 13.2 Å². The van der Waals surface area contributed by atoms with Crippen LogP contribution >= 0.6 is 0 Å². The van der Waals surface area contributed by atoms with Crippen molar-refractivity contribution >= 4 is 23.1 Å². The molecule has 2 aromatic carbocycles. The summed E-state index contributed by atoms with van der Waals surface area (Å²) in [5.41, 5.74) is 2.72. The Morgan fingerprint density at radius 2 is 1.66 bits per heavy atom. The van der Waals surface area contributed by atoms with Crippen LogP contribution in [-0.2, 0) is 12.6 Å². The molecule has 0 atom stereocenters. The maximum Gasteiger partial charge on any atom is 0.421 e. The molecule has 32 heavy (non-hydrogen) atoms. The lowest BCUT2D eigenvalue weighted by Crippen LogP contribution is -2.14. The summed E-state index contributed by atoms with van der Waals surface area (Å²) in [6.45, 7) is 2.06. The first-order valence-corrected chi connectivity index (χ1v) is 11.1. The Balaban J connectivity index is 1.65. The number of aryl methyl sites for hydroxylation is 1. The molecule has 7 heteroatoms. The highest BCUT2D eigenvalue weighted by Crippen LogP contribution is 2.39. The summed E-state index contributed by atoms with van der Waals surface area (Å²) < 4.78 is 41.1. The Hall–Kier alpha value is -3.09. The maximum absolute atomic E-state index is 13.7. The van der Waals surface area contributed by atoms with Gasteiger partial charge in [-0.15, -0.1) is 0 Å². The van der Waals surface area contributed by atoms with Crippen molar-refractivity contribution in [2.45, 2.75) is 57.5 Å². The first kappa shape index (κ1) is 22.1. The topological polar surface area (TPSA) is 49.8 Å². The summed E-state index contributed by atoms with van der Waals surface area (Å²) in [6, 6.07) is 15.3. The van der Waals surface area contributed by atoms with Gasteiger partial charge in [0.25, 0.3) is 0 Å². The first-order valence-electron chi connectivity index (χ1n) is 11.1. The summed E-state index contributed by atoms with van der Waals surface area (Å²) in [7, 11) is 0. The Labute approximate surface area is 186 Å². The zero-order chi connectivity index (χ0) is 22.6. The minimum atomic E-state index is -4.57. The number of halogens is 3. The third-order valence-corrected chi connectivity index (χ3v) is 5.97. The zero-order valence-electron chi connectivity index (χ0n) is 18.0. The van der Waals surface area contributed by atoms with Crippen LogP contribution in [-0.4, -0.2) is 9.97 Å². The average Bonchev–Trinajstić information content (AvgIpc) is 2.80. The number of nitrogens with one attached hydrogen (secondary N) is 2. The molecule has 1 fully saturated rings.